The number of H-pyrrole nitrogens is 1. The Bertz CT molecular complexity index is 896. The van der Waals surface area contributed by atoms with E-state index in [-0.39, 0.29) is 4.90 Å². The van der Waals surface area contributed by atoms with E-state index in [1.165, 1.54) is 31.3 Å². The van der Waals surface area contributed by atoms with E-state index in [0.29, 0.717) is 22.8 Å². The van der Waals surface area contributed by atoms with Gasteiger partial charge in [-0.2, -0.15) is 5.10 Å². The highest BCUT2D eigenvalue weighted by Crippen LogP contribution is 2.26. The molecule has 2 N–H and O–H groups in total. The number of benzene rings is 1. The van der Waals surface area contributed by atoms with E-state index in [9.17, 15) is 16.8 Å². The van der Waals surface area contributed by atoms with Crippen molar-refractivity contribution >= 4 is 31.4 Å². The van der Waals surface area contributed by atoms with E-state index in [0.717, 1.165) is 10.6 Å². The van der Waals surface area contributed by atoms with Crippen LogP contribution in [0.3, 0.4) is 0 Å². The number of hydrogen-bond donors (Lipinski definition) is 2. The van der Waals surface area contributed by atoms with Gasteiger partial charge in [0.2, 0.25) is 10.0 Å². The van der Waals surface area contributed by atoms with Gasteiger partial charge in [-0.3, -0.25) is 14.1 Å². The van der Waals surface area contributed by atoms with Crippen LogP contribution in [-0.4, -0.2) is 40.3 Å². The minimum Gasteiger partial charge on any atom is -0.284 e. The number of aromatic amines is 1. The highest BCUT2D eigenvalue weighted by atomic mass is 32.2. The summed E-state index contributed by atoms with van der Waals surface area (Å²) in [5.74, 6) is 0. The van der Waals surface area contributed by atoms with E-state index in [2.05, 4.69) is 14.9 Å². The van der Waals surface area contributed by atoms with Gasteiger partial charge in [0.15, 0.2) is 0 Å². The van der Waals surface area contributed by atoms with Gasteiger partial charge in [-0.05, 0) is 38.1 Å². The lowest BCUT2D eigenvalue weighted by molar-refractivity contribution is 0.593. The third-order valence-electron chi connectivity index (χ3n) is 3.21. The molecule has 0 spiro atoms. The molecule has 126 valence electrons. The largest absolute Gasteiger partial charge is 0.284 e. The van der Waals surface area contributed by atoms with Crippen LogP contribution >= 0.6 is 0 Å². The van der Waals surface area contributed by atoms with Gasteiger partial charge < -0.3 is 0 Å². The number of nitrogens with zero attached hydrogens (tertiary/aromatic N) is 2. The number of anilines is 2. The maximum Gasteiger partial charge on any atom is 0.267 e. The topological polar surface area (TPSA) is 112 Å². The lowest BCUT2D eigenvalue weighted by Gasteiger charge is -2.20. The summed E-state index contributed by atoms with van der Waals surface area (Å²) in [7, 11) is -5.71. The van der Waals surface area contributed by atoms with E-state index in [1.807, 2.05) is 0 Å². The molecule has 0 saturated carbocycles. The molecule has 10 heteroatoms. The lowest BCUT2D eigenvalue weighted by atomic mass is 10.3. The highest BCUT2D eigenvalue weighted by Gasteiger charge is 2.27. The van der Waals surface area contributed by atoms with Gasteiger partial charge in [-0.25, -0.2) is 16.8 Å². The molecule has 2 aromatic rings. The van der Waals surface area contributed by atoms with Crippen molar-refractivity contribution in [3.05, 3.63) is 35.7 Å². The Kier molecular flexibility index (Phi) is 4.40. The summed E-state index contributed by atoms with van der Waals surface area (Å²) in [6.07, 6.45) is 1.04. The van der Waals surface area contributed by atoms with Crippen molar-refractivity contribution in [2.75, 3.05) is 22.3 Å². The van der Waals surface area contributed by atoms with Crippen LogP contribution < -0.4 is 9.03 Å². The molecule has 0 atom stereocenters. The average molecular weight is 358 g/mol. The summed E-state index contributed by atoms with van der Waals surface area (Å²) < 4.78 is 51.2. The van der Waals surface area contributed by atoms with Gasteiger partial charge in [0.05, 0.1) is 23.3 Å². The standard InChI is InChI=1S/C13H18N4O4S2/c1-9-13(10(2)15-14-9)23(20,21)17(3)12-7-5-11(6-8-12)16-22(4,18)19/h5-8,16H,1-4H3,(H,14,15). The Hall–Kier alpha value is -2.07. The normalized spacial score (nSPS) is 12.2. The summed E-state index contributed by atoms with van der Waals surface area (Å²) in [5.41, 5.74) is 1.62. The third-order valence-corrected chi connectivity index (χ3v) is 5.87. The number of aromatic nitrogens is 2. The summed E-state index contributed by atoms with van der Waals surface area (Å²) in [4.78, 5) is 0.137. The van der Waals surface area contributed by atoms with Gasteiger partial charge in [-0.15, -0.1) is 0 Å². The quantitative estimate of drug-likeness (QED) is 0.834. The van der Waals surface area contributed by atoms with Gasteiger partial charge >= 0.3 is 0 Å². The van der Waals surface area contributed by atoms with E-state index in [4.69, 9.17) is 0 Å². The molecule has 8 nitrogen and oxygen atoms in total. The van der Waals surface area contributed by atoms with Crippen molar-refractivity contribution in [1.82, 2.24) is 10.2 Å². The molecule has 0 fully saturated rings. The second kappa shape index (κ2) is 5.85. The Labute approximate surface area is 135 Å². The van der Waals surface area contributed by atoms with Crippen molar-refractivity contribution in [1.29, 1.82) is 0 Å². The van der Waals surface area contributed by atoms with Gasteiger partial charge in [0.25, 0.3) is 10.0 Å². The third kappa shape index (κ3) is 3.64. The molecule has 0 aliphatic carbocycles. The molecule has 1 aromatic carbocycles. The Morgan fingerprint density at radius 1 is 1.09 bits per heavy atom. The summed E-state index contributed by atoms with van der Waals surface area (Å²) >= 11 is 0. The van der Waals surface area contributed by atoms with Crippen LogP contribution in [-0.2, 0) is 20.0 Å². The smallest absolute Gasteiger partial charge is 0.267 e. The van der Waals surface area contributed by atoms with Crippen molar-refractivity contribution < 1.29 is 16.8 Å². The second-order valence-electron chi connectivity index (χ2n) is 5.16. The highest BCUT2D eigenvalue weighted by molar-refractivity contribution is 7.93. The number of aryl methyl sites for hydroxylation is 2. The molecule has 0 amide bonds. The molecular formula is C13H18N4O4S2. The lowest BCUT2D eigenvalue weighted by Crippen LogP contribution is -2.27. The zero-order chi connectivity index (χ0) is 17.4. The van der Waals surface area contributed by atoms with Crippen LogP contribution in [0.15, 0.2) is 29.2 Å². The zero-order valence-electron chi connectivity index (χ0n) is 13.2. The molecule has 2 rings (SSSR count). The first-order valence-electron chi connectivity index (χ1n) is 6.61. The fourth-order valence-electron chi connectivity index (χ4n) is 2.15. The van der Waals surface area contributed by atoms with Crippen LogP contribution in [0.1, 0.15) is 11.4 Å². The molecule has 1 heterocycles. The molecular weight excluding hydrogens is 340 g/mol. The van der Waals surface area contributed by atoms with E-state index in [1.54, 1.807) is 13.8 Å². The van der Waals surface area contributed by atoms with Crippen LogP contribution in [0, 0.1) is 13.8 Å². The summed E-state index contributed by atoms with van der Waals surface area (Å²) in [5, 5.41) is 6.56. The van der Waals surface area contributed by atoms with Crippen LogP contribution in [0.25, 0.3) is 0 Å². The predicted octanol–water partition coefficient (Wildman–Crippen LogP) is 1.22. The van der Waals surface area contributed by atoms with Crippen LogP contribution in [0.5, 0.6) is 0 Å². The summed E-state index contributed by atoms with van der Waals surface area (Å²) in [6, 6.07) is 6.04. The first-order valence-corrected chi connectivity index (χ1v) is 9.94. The van der Waals surface area contributed by atoms with Gasteiger partial charge in [0.1, 0.15) is 4.90 Å². The Balaban J connectivity index is 2.35. The minimum absolute atomic E-state index is 0.137. The molecule has 0 saturated heterocycles. The molecule has 23 heavy (non-hydrogen) atoms. The molecule has 1 aromatic heterocycles. The van der Waals surface area contributed by atoms with Crippen LogP contribution in [0.4, 0.5) is 11.4 Å². The fourth-order valence-corrected chi connectivity index (χ4v) is 4.24. The maximum atomic E-state index is 12.7. The Morgan fingerprint density at radius 2 is 1.65 bits per heavy atom. The first-order chi connectivity index (χ1) is 10.5. The average Bonchev–Trinajstić information content (AvgIpc) is 2.77. The first kappa shape index (κ1) is 17.3. The Morgan fingerprint density at radius 3 is 2.09 bits per heavy atom. The van der Waals surface area contributed by atoms with Gasteiger partial charge in [-0.1, -0.05) is 0 Å². The van der Waals surface area contributed by atoms with E-state index >= 15 is 0 Å². The minimum atomic E-state index is -3.76. The van der Waals surface area contributed by atoms with Gasteiger partial charge in [0, 0.05) is 12.7 Å². The summed E-state index contributed by atoms with van der Waals surface area (Å²) in [6.45, 7) is 3.25. The van der Waals surface area contributed by atoms with Crippen molar-refractivity contribution in [2.24, 2.45) is 0 Å². The number of hydrogen-bond acceptors (Lipinski definition) is 5. The molecule has 0 aliphatic heterocycles. The van der Waals surface area contributed by atoms with Crippen molar-refractivity contribution in [3.8, 4) is 0 Å². The SMILES string of the molecule is Cc1n[nH]c(C)c1S(=O)(=O)N(C)c1ccc(NS(C)(=O)=O)cc1. The van der Waals surface area contributed by atoms with Crippen molar-refractivity contribution in [2.45, 2.75) is 18.7 Å². The fraction of sp³-hybridized carbons (Fsp3) is 0.308. The van der Waals surface area contributed by atoms with E-state index < -0.39 is 20.0 Å². The number of sulfonamides is 2. The number of rotatable bonds is 5. The monoisotopic (exact) mass is 358 g/mol. The maximum absolute atomic E-state index is 12.7. The predicted molar refractivity (Wildman–Crippen MR) is 88.6 cm³/mol. The second-order valence-corrected chi connectivity index (χ2v) is 8.81. The molecule has 0 unspecified atom stereocenters. The molecule has 0 radical (unpaired) electrons. The molecule has 0 aliphatic rings. The molecule has 0 bridgehead atoms. The van der Waals surface area contributed by atoms with Crippen molar-refractivity contribution in [3.63, 3.8) is 0 Å². The zero-order valence-corrected chi connectivity index (χ0v) is 14.8. The van der Waals surface area contributed by atoms with Crippen LogP contribution in [0.2, 0.25) is 0 Å². The number of nitrogens with one attached hydrogen (secondary N) is 2.